The van der Waals surface area contributed by atoms with E-state index in [4.69, 9.17) is 0 Å². The maximum Gasteiger partial charge on any atom is 0.261 e. The van der Waals surface area contributed by atoms with Crippen LogP contribution in [0.5, 0.6) is 0 Å². The van der Waals surface area contributed by atoms with Gasteiger partial charge in [0.1, 0.15) is 4.90 Å². The Morgan fingerprint density at radius 1 is 0.933 bits per heavy atom. The molecule has 3 heterocycles. The van der Waals surface area contributed by atoms with Gasteiger partial charge in [-0.15, -0.1) is 0 Å². The summed E-state index contributed by atoms with van der Waals surface area (Å²) in [6, 6.07) is 9.63. The molecule has 156 valence electrons. The van der Waals surface area contributed by atoms with Crippen molar-refractivity contribution in [3.63, 3.8) is 0 Å². The van der Waals surface area contributed by atoms with Gasteiger partial charge in [-0.2, -0.15) is 4.31 Å². The SMILES string of the molecule is O=C(CCN1C(=O)c2ccccc2C1=O)N1CCN(S(=O)(=O)c2cccnc2)CC1. The summed E-state index contributed by atoms with van der Waals surface area (Å²) in [6.45, 7) is 0.853. The minimum atomic E-state index is -3.65. The minimum absolute atomic E-state index is 0.000617. The van der Waals surface area contributed by atoms with Gasteiger partial charge in [0, 0.05) is 51.5 Å². The molecule has 30 heavy (non-hydrogen) atoms. The van der Waals surface area contributed by atoms with Crippen LogP contribution >= 0.6 is 0 Å². The van der Waals surface area contributed by atoms with Crippen LogP contribution in [-0.4, -0.2) is 78.0 Å². The number of nitrogens with zero attached hydrogens (tertiary/aromatic N) is 4. The van der Waals surface area contributed by atoms with E-state index in [-0.39, 0.29) is 49.9 Å². The van der Waals surface area contributed by atoms with Gasteiger partial charge in [0.15, 0.2) is 0 Å². The third-order valence-electron chi connectivity index (χ3n) is 5.29. The van der Waals surface area contributed by atoms with Crippen LogP contribution in [0.1, 0.15) is 27.1 Å². The molecule has 0 unspecified atom stereocenters. The number of aromatic nitrogens is 1. The number of carbonyl (C=O) groups is 3. The van der Waals surface area contributed by atoms with Gasteiger partial charge in [0.2, 0.25) is 15.9 Å². The Labute approximate surface area is 174 Å². The first-order valence-electron chi connectivity index (χ1n) is 9.53. The smallest absolute Gasteiger partial charge is 0.261 e. The van der Waals surface area contributed by atoms with Crippen LogP contribution < -0.4 is 0 Å². The zero-order valence-electron chi connectivity index (χ0n) is 16.1. The third kappa shape index (κ3) is 3.59. The Morgan fingerprint density at radius 3 is 2.13 bits per heavy atom. The molecule has 0 aliphatic carbocycles. The highest BCUT2D eigenvalue weighted by Gasteiger charge is 2.36. The lowest BCUT2D eigenvalue weighted by molar-refractivity contribution is -0.132. The van der Waals surface area contributed by atoms with Gasteiger partial charge in [0.05, 0.1) is 11.1 Å². The average molecular weight is 428 g/mol. The topological polar surface area (TPSA) is 108 Å². The molecule has 3 amide bonds. The number of hydrogen-bond acceptors (Lipinski definition) is 6. The molecule has 4 rings (SSSR count). The van der Waals surface area contributed by atoms with E-state index in [0.29, 0.717) is 11.1 Å². The Balaban J connectivity index is 1.32. The molecule has 9 nitrogen and oxygen atoms in total. The van der Waals surface area contributed by atoms with E-state index >= 15 is 0 Å². The highest BCUT2D eigenvalue weighted by molar-refractivity contribution is 7.89. The number of pyridine rings is 1. The van der Waals surface area contributed by atoms with E-state index < -0.39 is 21.8 Å². The van der Waals surface area contributed by atoms with Gasteiger partial charge in [-0.25, -0.2) is 8.42 Å². The molecule has 2 aliphatic heterocycles. The summed E-state index contributed by atoms with van der Waals surface area (Å²) >= 11 is 0. The van der Waals surface area contributed by atoms with E-state index in [9.17, 15) is 22.8 Å². The first-order valence-corrected chi connectivity index (χ1v) is 11.0. The first kappa shape index (κ1) is 20.2. The zero-order valence-corrected chi connectivity index (χ0v) is 16.9. The quantitative estimate of drug-likeness (QED) is 0.646. The lowest BCUT2D eigenvalue weighted by atomic mass is 10.1. The summed E-state index contributed by atoms with van der Waals surface area (Å²) < 4.78 is 26.6. The standard InChI is InChI=1S/C20H20N4O5S/c25-18(7-9-24-19(26)16-5-1-2-6-17(16)20(24)27)22-10-12-23(13-11-22)30(28,29)15-4-3-8-21-14-15/h1-6,8,14H,7,9-13H2. The first-order chi connectivity index (χ1) is 14.4. The zero-order chi connectivity index (χ0) is 21.3. The summed E-state index contributed by atoms with van der Waals surface area (Å²) in [5.74, 6) is -1.00. The molecule has 0 spiro atoms. The van der Waals surface area contributed by atoms with Crippen molar-refractivity contribution < 1.29 is 22.8 Å². The molecule has 2 aromatic rings. The maximum absolute atomic E-state index is 12.6. The van der Waals surface area contributed by atoms with Crippen LogP contribution in [0.15, 0.2) is 53.7 Å². The van der Waals surface area contributed by atoms with Crippen molar-refractivity contribution in [3.8, 4) is 0 Å². The summed E-state index contributed by atoms with van der Waals surface area (Å²) in [7, 11) is -3.65. The fourth-order valence-electron chi connectivity index (χ4n) is 3.63. The van der Waals surface area contributed by atoms with E-state index in [1.165, 1.54) is 22.8 Å². The third-order valence-corrected chi connectivity index (χ3v) is 7.17. The number of fused-ring (bicyclic) bond motifs is 1. The van der Waals surface area contributed by atoms with E-state index in [1.54, 1.807) is 35.2 Å². The van der Waals surface area contributed by atoms with Crippen molar-refractivity contribution in [1.82, 2.24) is 19.1 Å². The van der Waals surface area contributed by atoms with Gasteiger partial charge < -0.3 is 4.90 Å². The highest BCUT2D eigenvalue weighted by Crippen LogP contribution is 2.23. The van der Waals surface area contributed by atoms with Crippen molar-refractivity contribution in [1.29, 1.82) is 0 Å². The van der Waals surface area contributed by atoms with Gasteiger partial charge >= 0.3 is 0 Å². The second kappa shape index (κ2) is 7.96. The molecular weight excluding hydrogens is 408 g/mol. The summed E-state index contributed by atoms with van der Waals surface area (Å²) in [5.41, 5.74) is 0.702. The largest absolute Gasteiger partial charge is 0.340 e. The second-order valence-corrected chi connectivity index (χ2v) is 8.97. The van der Waals surface area contributed by atoms with E-state index in [1.807, 2.05) is 0 Å². The Kier molecular flexibility index (Phi) is 5.35. The summed E-state index contributed by atoms with van der Waals surface area (Å²) in [6.07, 6.45) is 2.81. The maximum atomic E-state index is 12.6. The fourth-order valence-corrected chi connectivity index (χ4v) is 5.02. The average Bonchev–Trinajstić information content (AvgIpc) is 3.03. The number of benzene rings is 1. The van der Waals surface area contributed by atoms with Gasteiger partial charge in [-0.05, 0) is 24.3 Å². The van der Waals surface area contributed by atoms with Crippen LogP contribution in [0.25, 0.3) is 0 Å². The molecule has 1 aromatic heterocycles. The molecule has 2 aliphatic rings. The molecule has 0 radical (unpaired) electrons. The van der Waals surface area contributed by atoms with Crippen molar-refractivity contribution in [2.75, 3.05) is 32.7 Å². The van der Waals surface area contributed by atoms with Crippen LogP contribution in [0.4, 0.5) is 0 Å². The number of hydrogen-bond donors (Lipinski definition) is 0. The summed E-state index contributed by atoms with van der Waals surface area (Å²) in [4.78, 5) is 44.0. The van der Waals surface area contributed by atoms with Crippen LogP contribution in [0, 0.1) is 0 Å². The van der Waals surface area contributed by atoms with Crippen LogP contribution in [0.3, 0.4) is 0 Å². The minimum Gasteiger partial charge on any atom is -0.340 e. The monoisotopic (exact) mass is 428 g/mol. The Hall–Kier alpha value is -3.11. The molecule has 0 atom stereocenters. The molecule has 0 bridgehead atoms. The Bertz CT molecular complexity index is 1060. The predicted octanol–water partition coefficient (Wildman–Crippen LogP) is 0.601. The molecule has 1 fully saturated rings. The van der Waals surface area contributed by atoms with Crippen LogP contribution in [0.2, 0.25) is 0 Å². The number of piperazine rings is 1. The number of carbonyl (C=O) groups excluding carboxylic acids is 3. The van der Waals surface area contributed by atoms with Gasteiger partial charge in [-0.1, -0.05) is 12.1 Å². The Morgan fingerprint density at radius 2 is 1.57 bits per heavy atom. The van der Waals surface area contributed by atoms with Crippen molar-refractivity contribution in [2.45, 2.75) is 11.3 Å². The number of sulfonamides is 1. The fraction of sp³-hybridized carbons (Fsp3) is 0.300. The second-order valence-electron chi connectivity index (χ2n) is 7.03. The van der Waals surface area contributed by atoms with E-state index in [2.05, 4.69) is 4.98 Å². The van der Waals surface area contributed by atoms with E-state index in [0.717, 1.165) is 4.90 Å². The van der Waals surface area contributed by atoms with Gasteiger partial charge in [-0.3, -0.25) is 24.3 Å². The van der Waals surface area contributed by atoms with Gasteiger partial charge in [0.25, 0.3) is 11.8 Å². The molecule has 1 aromatic carbocycles. The number of rotatable bonds is 5. The molecule has 1 saturated heterocycles. The molecular formula is C20H20N4O5S. The van der Waals surface area contributed by atoms with Crippen molar-refractivity contribution >= 4 is 27.7 Å². The molecule has 10 heteroatoms. The predicted molar refractivity (Wildman–Crippen MR) is 106 cm³/mol. The van der Waals surface area contributed by atoms with Crippen molar-refractivity contribution in [3.05, 3.63) is 59.9 Å². The van der Waals surface area contributed by atoms with Crippen molar-refractivity contribution in [2.24, 2.45) is 0 Å². The lowest BCUT2D eigenvalue weighted by Gasteiger charge is -2.34. The number of imide groups is 1. The highest BCUT2D eigenvalue weighted by atomic mass is 32.2. The van der Waals surface area contributed by atoms with Crippen LogP contribution in [-0.2, 0) is 14.8 Å². The number of amides is 3. The summed E-state index contributed by atoms with van der Waals surface area (Å²) in [5, 5.41) is 0. The molecule has 0 saturated carbocycles. The molecule has 0 N–H and O–H groups in total. The normalized spacial score (nSPS) is 17.3. The lowest BCUT2D eigenvalue weighted by Crippen LogP contribution is -2.51.